The highest BCUT2D eigenvalue weighted by molar-refractivity contribution is 7.52. The van der Waals surface area contributed by atoms with Crippen molar-refractivity contribution in [2.24, 2.45) is 0 Å². The van der Waals surface area contributed by atoms with Crippen molar-refractivity contribution in [3.05, 3.63) is 30.3 Å². The van der Waals surface area contributed by atoms with Crippen molar-refractivity contribution in [2.45, 2.75) is 13.3 Å². The molecule has 1 aromatic carbocycles. The van der Waals surface area contributed by atoms with Gasteiger partial charge in [-0.05, 0) is 19.1 Å². The Kier molecular flexibility index (Phi) is 8.30. The zero-order valence-electron chi connectivity index (χ0n) is 12.8. The minimum Gasteiger partial charge on any atom is -0.465 e. The van der Waals surface area contributed by atoms with Gasteiger partial charge in [0.15, 0.2) is 5.75 Å². The standard InChI is InChI=1S/C14H19N2O6P/c1-2-20-14(17)11-16(10-6-9-15)12-23(18,19)22-21-13-7-4-3-5-8-13/h3-5,7-8H,2,6,10-12H2,1H3,(H,18,19). The number of nitrogens with zero attached hydrogens (tertiary/aromatic N) is 2. The number of hydrogen-bond acceptors (Lipinski definition) is 7. The molecule has 0 radical (unpaired) electrons. The van der Waals surface area contributed by atoms with Crippen LogP contribution in [0.25, 0.3) is 0 Å². The molecular formula is C14H19N2O6P. The molecule has 0 aliphatic carbocycles. The van der Waals surface area contributed by atoms with E-state index in [1.54, 1.807) is 37.3 Å². The molecule has 23 heavy (non-hydrogen) atoms. The summed E-state index contributed by atoms with van der Waals surface area (Å²) in [6, 6.07) is 10.2. The number of carbonyl (C=O) groups excluding carboxylic acids is 1. The van der Waals surface area contributed by atoms with Crippen molar-refractivity contribution in [3.63, 3.8) is 0 Å². The lowest BCUT2D eigenvalue weighted by Crippen LogP contribution is -2.33. The molecule has 1 aromatic rings. The quantitative estimate of drug-likeness (QED) is 0.297. The molecule has 1 unspecified atom stereocenters. The molecule has 0 fully saturated rings. The predicted octanol–water partition coefficient (Wildman–Crippen LogP) is 1.92. The Morgan fingerprint density at radius 2 is 2.09 bits per heavy atom. The minimum absolute atomic E-state index is 0.0962. The monoisotopic (exact) mass is 342 g/mol. The summed E-state index contributed by atoms with van der Waals surface area (Å²) < 4.78 is 21.4. The van der Waals surface area contributed by atoms with Gasteiger partial charge in [-0.1, -0.05) is 22.9 Å². The van der Waals surface area contributed by atoms with E-state index in [9.17, 15) is 14.3 Å². The summed E-state index contributed by atoms with van der Waals surface area (Å²) in [6.07, 6.45) is -0.362. The number of hydrogen-bond donors (Lipinski definition) is 1. The van der Waals surface area contributed by atoms with Gasteiger partial charge >= 0.3 is 13.6 Å². The lowest BCUT2D eigenvalue weighted by atomic mass is 10.3. The van der Waals surface area contributed by atoms with Gasteiger partial charge in [0.1, 0.15) is 6.29 Å². The number of para-hydroxylation sites is 1. The van der Waals surface area contributed by atoms with Gasteiger partial charge in [-0.2, -0.15) is 5.26 Å². The van der Waals surface area contributed by atoms with E-state index < -0.39 is 19.9 Å². The molecule has 0 aromatic heterocycles. The smallest absolute Gasteiger partial charge is 0.380 e. The van der Waals surface area contributed by atoms with Gasteiger partial charge in [-0.3, -0.25) is 14.3 Å². The third kappa shape index (κ3) is 8.33. The molecule has 0 saturated carbocycles. The molecule has 0 aliphatic rings. The number of ether oxygens (including phenoxy) is 1. The Morgan fingerprint density at radius 3 is 2.70 bits per heavy atom. The number of benzene rings is 1. The predicted molar refractivity (Wildman–Crippen MR) is 81.3 cm³/mol. The summed E-state index contributed by atoms with van der Waals surface area (Å²) >= 11 is 0. The van der Waals surface area contributed by atoms with Crippen molar-refractivity contribution in [3.8, 4) is 11.8 Å². The normalized spacial score (nSPS) is 13.1. The van der Waals surface area contributed by atoms with Crippen molar-refractivity contribution >= 4 is 13.6 Å². The average Bonchev–Trinajstić information content (AvgIpc) is 2.52. The molecule has 1 atom stereocenters. The highest BCUT2D eigenvalue weighted by Gasteiger charge is 2.27. The Labute approximate surface area is 134 Å². The second kappa shape index (κ2) is 9.98. The number of esters is 1. The van der Waals surface area contributed by atoms with E-state index in [0.29, 0.717) is 0 Å². The van der Waals surface area contributed by atoms with Crippen molar-refractivity contribution in [2.75, 3.05) is 26.0 Å². The molecule has 0 amide bonds. The third-order valence-corrected chi connectivity index (χ3v) is 3.63. The van der Waals surface area contributed by atoms with Crippen LogP contribution in [-0.4, -0.2) is 41.7 Å². The molecule has 9 heteroatoms. The van der Waals surface area contributed by atoms with Gasteiger partial charge in [0, 0.05) is 13.0 Å². The van der Waals surface area contributed by atoms with Gasteiger partial charge < -0.3 is 14.5 Å². The second-order valence-corrected chi connectivity index (χ2v) is 6.22. The highest BCUT2D eigenvalue weighted by atomic mass is 31.2. The van der Waals surface area contributed by atoms with Gasteiger partial charge in [0.05, 0.1) is 19.2 Å². The zero-order valence-corrected chi connectivity index (χ0v) is 13.6. The molecule has 0 heterocycles. The Balaban J connectivity index is 2.58. The fourth-order valence-electron chi connectivity index (χ4n) is 1.65. The van der Waals surface area contributed by atoms with Crippen LogP contribution in [0.2, 0.25) is 0 Å². The molecule has 126 valence electrons. The molecule has 0 saturated heterocycles. The number of nitriles is 1. The SMILES string of the molecule is CCOC(=O)CN(CCC#N)CP(=O)(O)OOc1ccccc1. The van der Waals surface area contributed by atoms with E-state index in [0.717, 1.165) is 0 Å². The van der Waals surface area contributed by atoms with Crippen LogP contribution >= 0.6 is 7.60 Å². The van der Waals surface area contributed by atoms with Crippen LogP contribution in [0.3, 0.4) is 0 Å². The summed E-state index contributed by atoms with van der Waals surface area (Å²) in [5, 5.41) is 8.62. The minimum atomic E-state index is -4.14. The number of rotatable bonds is 10. The highest BCUT2D eigenvalue weighted by Crippen LogP contribution is 2.42. The summed E-state index contributed by atoms with van der Waals surface area (Å²) in [5.41, 5.74) is 0. The lowest BCUT2D eigenvalue weighted by Gasteiger charge is -2.22. The molecule has 0 spiro atoms. The fourth-order valence-corrected chi connectivity index (χ4v) is 2.65. The molecule has 0 aliphatic heterocycles. The maximum Gasteiger partial charge on any atom is 0.380 e. The van der Waals surface area contributed by atoms with E-state index in [1.807, 2.05) is 6.07 Å². The van der Waals surface area contributed by atoms with Crippen LogP contribution in [0.4, 0.5) is 0 Å². The second-order valence-electron chi connectivity index (χ2n) is 4.52. The van der Waals surface area contributed by atoms with E-state index >= 15 is 0 Å². The third-order valence-electron chi connectivity index (χ3n) is 2.57. The molecule has 1 rings (SSSR count). The van der Waals surface area contributed by atoms with E-state index in [2.05, 4.69) is 4.67 Å². The van der Waals surface area contributed by atoms with Crippen LogP contribution in [0, 0.1) is 11.3 Å². The maximum atomic E-state index is 12.0. The van der Waals surface area contributed by atoms with Crippen molar-refractivity contribution < 1.29 is 28.6 Å². The van der Waals surface area contributed by atoms with Crippen molar-refractivity contribution in [1.82, 2.24) is 4.90 Å². The first-order valence-corrected chi connectivity index (χ1v) is 8.71. The van der Waals surface area contributed by atoms with Crippen LogP contribution in [0.5, 0.6) is 5.75 Å². The zero-order chi connectivity index (χ0) is 17.1. The average molecular weight is 342 g/mol. The first-order chi connectivity index (χ1) is 11.0. The van der Waals surface area contributed by atoms with Gasteiger partial charge in [0.2, 0.25) is 0 Å². The fraction of sp³-hybridized carbons (Fsp3) is 0.429. The largest absolute Gasteiger partial charge is 0.465 e. The topological polar surface area (TPSA) is 109 Å². The van der Waals surface area contributed by atoms with Crippen LogP contribution in [0.15, 0.2) is 30.3 Å². The molecule has 0 bridgehead atoms. The van der Waals surface area contributed by atoms with Crippen molar-refractivity contribution in [1.29, 1.82) is 5.26 Å². The van der Waals surface area contributed by atoms with Gasteiger partial charge in [-0.25, -0.2) is 0 Å². The summed E-state index contributed by atoms with van der Waals surface area (Å²) in [7, 11) is -4.14. The maximum absolute atomic E-state index is 12.0. The van der Waals surface area contributed by atoms with Gasteiger partial charge in [-0.15, -0.1) is 0 Å². The van der Waals surface area contributed by atoms with Crippen LogP contribution < -0.4 is 4.89 Å². The number of carbonyl (C=O) groups is 1. The van der Waals surface area contributed by atoms with Crippen LogP contribution in [0.1, 0.15) is 13.3 Å². The van der Waals surface area contributed by atoms with Gasteiger partial charge in [0.25, 0.3) is 0 Å². The Hall–Kier alpha value is -1.91. The Bertz CT molecular complexity index is 574. The van der Waals surface area contributed by atoms with Crippen LogP contribution in [-0.2, 0) is 18.8 Å². The molecule has 1 N–H and O–H groups in total. The van der Waals surface area contributed by atoms with E-state index in [4.69, 9.17) is 14.9 Å². The summed E-state index contributed by atoms with van der Waals surface area (Å²) in [4.78, 5) is 27.4. The van der Waals surface area contributed by atoms with E-state index in [1.165, 1.54) is 4.90 Å². The first kappa shape index (κ1) is 19.1. The first-order valence-electron chi connectivity index (χ1n) is 6.95. The molecule has 8 nitrogen and oxygen atoms in total. The Morgan fingerprint density at radius 1 is 1.39 bits per heavy atom. The summed E-state index contributed by atoms with van der Waals surface area (Å²) in [6.45, 7) is 1.78. The summed E-state index contributed by atoms with van der Waals surface area (Å²) in [5.74, 6) is -0.273. The van der Waals surface area contributed by atoms with E-state index in [-0.39, 0.29) is 31.9 Å². The lowest BCUT2D eigenvalue weighted by molar-refractivity contribution is -0.144. The molecular weight excluding hydrogens is 323 g/mol.